The Morgan fingerprint density at radius 3 is 2.42 bits per heavy atom. The minimum Gasteiger partial charge on any atom is -0.323 e. The fourth-order valence-corrected chi connectivity index (χ4v) is 3.65. The molecule has 1 aliphatic heterocycles. The normalized spacial score (nSPS) is 13.4. The third kappa shape index (κ3) is 4.48. The SMILES string of the molecule is O=C(Cn1c(=O)ccn(Cc2ccccc2)c1=O)Nc1ccccc1N1CCCC1=O. The van der Waals surface area contributed by atoms with Crippen molar-refractivity contribution >= 4 is 23.2 Å². The summed E-state index contributed by atoms with van der Waals surface area (Å²) in [5, 5.41) is 2.74. The van der Waals surface area contributed by atoms with Crippen LogP contribution >= 0.6 is 0 Å². The van der Waals surface area contributed by atoms with Gasteiger partial charge in [-0.1, -0.05) is 42.5 Å². The van der Waals surface area contributed by atoms with Crippen molar-refractivity contribution in [1.82, 2.24) is 9.13 Å². The number of anilines is 2. The summed E-state index contributed by atoms with van der Waals surface area (Å²) in [6.45, 7) is 0.463. The van der Waals surface area contributed by atoms with Crippen LogP contribution in [0.3, 0.4) is 0 Å². The van der Waals surface area contributed by atoms with Crippen LogP contribution in [0.25, 0.3) is 0 Å². The van der Waals surface area contributed by atoms with E-state index in [1.807, 2.05) is 30.3 Å². The highest BCUT2D eigenvalue weighted by Crippen LogP contribution is 2.29. The average molecular weight is 418 g/mol. The van der Waals surface area contributed by atoms with Gasteiger partial charge < -0.3 is 10.2 Å². The van der Waals surface area contributed by atoms with Crippen LogP contribution in [0.4, 0.5) is 11.4 Å². The van der Waals surface area contributed by atoms with Crippen molar-refractivity contribution < 1.29 is 9.59 Å². The molecule has 4 rings (SSSR count). The molecule has 8 nitrogen and oxygen atoms in total. The van der Waals surface area contributed by atoms with Crippen LogP contribution < -0.4 is 21.5 Å². The minimum atomic E-state index is -0.561. The molecule has 2 aromatic carbocycles. The van der Waals surface area contributed by atoms with E-state index in [1.54, 1.807) is 29.2 Å². The van der Waals surface area contributed by atoms with Gasteiger partial charge in [0.25, 0.3) is 5.56 Å². The lowest BCUT2D eigenvalue weighted by Gasteiger charge is -2.20. The second-order valence-electron chi connectivity index (χ2n) is 7.35. The summed E-state index contributed by atoms with van der Waals surface area (Å²) >= 11 is 0. The molecule has 31 heavy (non-hydrogen) atoms. The third-order valence-electron chi connectivity index (χ3n) is 5.18. The molecule has 8 heteroatoms. The van der Waals surface area contributed by atoms with Gasteiger partial charge in [-0.2, -0.15) is 0 Å². The molecule has 158 valence electrons. The highest BCUT2D eigenvalue weighted by Gasteiger charge is 2.24. The van der Waals surface area contributed by atoms with E-state index in [4.69, 9.17) is 0 Å². The van der Waals surface area contributed by atoms with Gasteiger partial charge in [0.2, 0.25) is 11.8 Å². The maximum absolute atomic E-state index is 12.8. The van der Waals surface area contributed by atoms with Crippen LogP contribution in [0.5, 0.6) is 0 Å². The van der Waals surface area contributed by atoms with E-state index >= 15 is 0 Å². The second kappa shape index (κ2) is 8.83. The zero-order valence-electron chi connectivity index (χ0n) is 16.9. The Kier molecular flexibility index (Phi) is 5.79. The number of carbonyl (C=O) groups excluding carboxylic acids is 2. The molecule has 0 atom stereocenters. The molecular formula is C23H22N4O4. The molecule has 2 amide bonds. The lowest BCUT2D eigenvalue weighted by Crippen LogP contribution is -2.42. The van der Waals surface area contributed by atoms with Gasteiger partial charge in [0.15, 0.2) is 0 Å². The van der Waals surface area contributed by atoms with E-state index in [1.165, 1.54) is 16.8 Å². The van der Waals surface area contributed by atoms with Gasteiger partial charge in [-0.05, 0) is 24.1 Å². The maximum Gasteiger partial charge on any atom is 0.331 e. The Labute approximate surface area is 178 Å². The molecule has 1 saturated heterocycles. The lowest BCUT2D eigenvalue weighted by atomic mass is 10.2. The summed E-state index contributed by atoms with van der Waals surface area (Å²) in [6.07, 6.45) is 2.67. The highest BCUT2D eigenvalue weighted by atomic mass is 16.2. The van der Waals surface area contributed by atoms with Gasteiger partial charge >= 0.3 is 5.69 Å². The van der Waals surface area contributed by atoms with Crippen molar-refractivity contribution in [3.8, 4) is 0 Å². The quantitative estimate of drug-likeness (QED) is 0.661. The Morgan fingerprint density at radius 1 is 0.935 bits per heavy atom. The molecule has 0 radical (unpaired) electrons. The molecule has 1 fully saturated rings. The summed E-state index contributed by atoms with van der Waals surface area (Å²) < 4.78 is 2.29. The lowest BCUT2D eigenvalue weighted by molar-refractivity contribution is -0.118. The monoisotopic (exact) mass is 418 g/mol. The molecule has 0 aliphatic carbocycles. The number of hydrogen-bond donors (Lipinski definition) is 1. The van der Waals surface area contributed by atoms with Crippen molar-refractivity contribution in [1.29, 1.82) is 0 Å². The summed E-state index contributed by atoms with van der Waals surface area (Å²) in [7, 11) is 0. The van der Waals surface area contributed by atoms with Crippen LogP contribution in [0.15, 0.2) is 76.4 Å². The first-order valence-corrected chi connectivity index (χ1v) is 10.1. The summed E-state index contributed by atoms with van der Waals surface area (Å²) in [4.78, 5) is 51.5. The van der Waals surface area contributed by atoms with Crippen molar-refractivity contribution in [2.45, 2.75) is 25.9 Å². The van der Waals surface area contributed by atoms with Gasteiger partial charge in [-0.15, -0.1) is 0 Å². The van der Waals surface area contributed by atoms with Crippen molar-refractivity contribution in [3.05, 3.63) is 93.3 Å². The Balaban J connectivity index is 1.55. The van der Waals surface area contributed by atoms with Gasteiger partial charge in [0.05, 0.1) is 17.9 Å². The fraction of sp³-hybridized carbons (Fsp3) is 0.217. The summed E-state index contributed by atoms with van der Waals surface area (Å²) in [6, 6.07) is 17.6. The second-order valence-corrected chi connectivity index (χ2v) is 7.35. The summed E-state index contributed by atoms with van der Waals surface area (Å²) in [5.74, 6) is -0.513. The number of aromatic nitrogens is 2. The molecule has 0 spiro atoms. The smallest absolute Gasteiger partial charge is 0.323 e. The van der Waals surface area contributed by atoms with Crippen molar-refractivity contribution in [2.75, 3.05) is 16.8 Å². The molecule has 0 unspecified atom stereocenters. The molecule has 0 saturated carbocycles. The molecular weight excluding hydrogens is 396 g/mol. The number of carbonyl (C=O) groups is 2. The van der Waals surface area contributed by atoms with E-state index in [0.29, 0.717) is 30.9 Å². The predicted octanol–water partition coefficient (Wildman–Crippen LogP) is 1.82. The van der Waals surface area contributed by atoms with Crippen LogP contribution in [-0.4, -0.2) is 27.5 Å². The number of nitrogens with one attached hydrogen (secondary N) is 1. The molecule has 1 aromatic heterocycles. The first-order valence-electron chi connectivity index (χ1n) is 10.1. The van der Waals surface area contributed by atoms with Gasteiger partial charge in [-0.3, -0.25) is 23.5 Å². The third-order valence-corrected chi connectivity index (χ3v) is 5.18. The number of rotatable bonds is 6. The average Bonchev–Trinajstić information content (AvgIpc) is 3.20. The number of benzene rings is 2. The highest BCUT2D eigenvalue weighted by molar-refractivity contribution is 6.02. The van der Waals surface area contributed by atoms with E-state index in [9.17, 15) is 19.2 Å². The standard InChI is InChI=1S/C23H22N4O4/c28-20(24-18-9-4-5-10-19(18)26-13-6-11-21(26)29)16-27-22(30)12-14-25(23(27)31)15-17-7-2-1-3-8-17/h1-5,7-10,12,14H,6,11,13,15-16H2,(H,24,28). The van der Waals surface area contributed by atoms with E-state index < -0.39 is 23.7 Å². The first-order chi connectivity index (χ1) is 15.0. The Hall–Kier alpha value is -3.94. The van der Waals surface area contributed by atoms with E-state index in [-0.39, 0.29) is 5.91 Å². The zero-order chi connectivity index (χ0) is 21.8. The van der Waals surface area contributed by atoms with Crippen LogP contribution in [-0.2, 0) is 22.7 Å². The van der Waals surface area contributed by atoms with E-state index in [2.05, 4.69) is 5.32 Å². The largest absolute Gasteiger partial charge is 0.331 e. The van der Waals surface area contributed by atoms with Gasteiger partial charge in [-0.25, -0.2) is 4.79 Å². The van der Waals surface area contributed by atoms with Crippen LogP contribution in [0.2, 0.25) is 0 Å². The Morgan fingerprint density at radius 2 is 1.68 bits per heavy atom. The zero-order valence-corrected chi connectivity index (χ0v) is 16.9. The maximum atomic E-state index is 12.8. The molecule has 1 N–H and O–H groups in total. The van der Waals surface area contributed by atoms with Gasteiger partial charge in [0.1, 0.15) is 6.54 Å². The topological polar surface area (TPSA) is 93.4 Å². The molecule has 2 heterocycles. The Bertz CT molecular complexity index is 1230. The molecule has 1 aliphatic rings. The summed E-state index contributed by atoms with van der Waals surface area (Å²) in [5.41, 5.74) is 0.877. The molecule has 3 aromatic rings. The van der Waals surface area contributed by atoms with Crippen molar-refractivity contribution in [3.63, 3.8) is 0 Å². The fourth-order valence-electron chi connectivity index (χ4n) is 3.65. The molecule has 0 bridgehead atoms. The van der Waals surface area contributed by atoms with Crippen LogP contribution in [0, 0.1) is 0 Å². The van der Waals surface area contributed by atoms with Gasteiger partial charge in [0, 0.05) is 25.2 Å². The number of amides is 2. The predicted molar refractivity (Wildman–Crippen MR) is 117 cm³/mol. The number of hydrogen-bond acceptors (Lipinski definition) is 4. The first kappa shape index (κ1) is 20.3. The number of nitrogens with zero attached hydrogens (tertiary/aromatic N) is 3. The minimum absolute atomic E-state index is 0.00442. The number of para-hydroxylation sites is 2. The van der Waals surface area contributed by atoms with E-state index in [0.717, 1.165) is 16.6 Å². The van der Waals surface area contributed by atoms with Crippen LogP contribution in [0.1, 0.15) is 18.4 Å². The van der Waals surface area contributed by atoms with Crippen molar-refractivity contribution in [2.24, 2.45) is 0 Å².